The molecule has 4 rings (SSSR count). The van der Waals surface area contributed by atoms with Gasteiger partial charge in [0, 0.05) is 18.2 Å². The molecule has 3 aromatic rings. The number of carbonyl (C=O) groups is 2. The molecule has 1 aliphatic carbocycles. The molecule has 1 heterocycles. The van der Waals surface area contributed by atoms with Gasteiger partial charge in [0.25, 0.3) is 0 Å². The predicted molar refractivity (Wildman–Crippen MR) is 117 cm³/mol. The van der Waals surface area contributed by atoms with Crippen molar-refractivity contribution in [3.8, 4) is 11.3 Å². The molecular formula is C24H24FN3O4. The number of benzene rings is 2. The highest BCUT2D eigenvalue weighted by molar-refractivity contribution is 5.92. The van der Waals surface area contributed by atoms with Crippen molar-refractivity contribution in [2.45, 2.75) is 38.2 Å². The number of hydrogen-bond donors (Lipinski definition) is 2. The van der Waals surface area contributed by atoms with E-state index in [1.807, 2.05) is 12.1 Å². The van der Waals surface area contributed by atoms with Gasteiger partial charge in [-0.2, -0.15) is 5.10 Å². The standard InChI is InChI=1S/C24H24FN3O4/c1-14-20(26-23(31)32-15(2)18-6-4-5-7-19(18)25)21(28(3)27-14)16-8-10-17(11-9-16)24(12-13-24)22(29)30/h4-11,15H,12-13H2,1-3H3,(H,26,31)(H,29,30). The number of aromatic nitrogens is 2. The van der Waals surface area contributed by atoms with Crippen LogP contribution in [-0.4, -0.2) is 26.9 Å². The minimum Gasteiger partial charge on any atom is -0.481 e. The third kappa shape index (κ3) is 3.84. The summed E-state index contributed by atoms with van der Waals surface area (Å²) < 4.78 is 21.0. The molecule has 1 unspecified atom stereocenters. The van der Waals surface area contributed by atoms with Crippen LogP contribution in [0.4, 0.5) is 14.9 Å². The third-order valence-electron chi connectivity index (χ3n) is 5.95. The monoisotopic (exact) mass is 437 g/mol. The largest absolute Gasteiger partial charge is 0.481 e. The van der Waals surface area contributed by atoms with Crippen LogP contribution < -0.4 is 5.32 Å². The zero-order valence-corrected chi connectivity index (χ0v) is 18.1. The van der Waals surface area contributed by atoms with E-state index in [9.17, 15) is 19.1 Å². The van der Waals surface area contributed by atoms with E-state index in [0.717, 1.165) is 11.1 Å². The first-order chi connectivity index (χ1) is 15.2. The Bertz CT molecular complexity index is 1180. The minimum atomic E-state index is -0.810. The maximum Gasteiger partial charge on any atom is 0.412 e. The van der Waals surface area contributed by atoms with Gasteiger partial charge in [0.15, 0.2) is 0 Å². The Hall–Kier alpha value is -3.68. The maximum atomic E-state index is 14.0. The van der Waals surface area contributed by atoms with E-state index in [0.29, 0.717) is 29.9 Å². The van der Waals surface area contributed by atoms with Crippen molar-refractivity contribution in [2.24, 2.45) is 7.05 Å². The lowest BCUT2D eigenvalue weighted by Crippen LogP contribution is -2.19. The highest BCUT2D eigenvalue weighted by Gasteiger charge is 2.51. The van der Waals surface area contributed by atoms with Crippen LogP contribution in [0.5, 0.6) is 0 Å². The molecule has 1 amide bonds. The molecule has 2 aromatic carbocycles. The number of carboxylic acids is 1. The van der Waals surface area contributed by atoms with Gasteiger partial charge in [-0.05, 0) is 38.3 Å². The highest BCUT2D eigenvalue weighted by atomic mass is 19.1. The van der Waals surface area contributed by atoms with Crippen molar-refractivity contribution in [1.82, 2.24) is 9.78 Å². The molecule has 0 saturated heterocycles. The Balaban J connectivity index is 1.56. The number of halogens is 1. The molecule has 0 bridgehead atoms. The zero-order chi connectivity index (χ0) is 23.0. The van der Waals surface area contributed by atoms with Crippen LogP contribution in [0.1, 0.15) is 42.7 Å². The lowest BCUT2D eigenvalue weighted by molar-refractivity contribution is -0.140. The summed E-state index contributed by atoms with van der Waals surface area (Å²) in [5.41, 5.74) is 2.76. The molecule has 7 nitrogen and oxygen atoms in total. The summed E-state index contributed by atoms with van der Waals surface area (Å²) in [5.74, 6) is -1.25. The van der Waals surface area contributed by atoms with Gasteiger partial charge < -0.3 is 9.84 Å². The van der Waals surface area contributed by atoms with Crippen molar-refractivity contribution >= 4 is 17.7 Å². The fourth-order valence-corrected chi connectivity index (χ4v) is 4.00. The fraction of sp³-hybridized carbons (Fsp3) is 0.292. The number of nitrogens with zero attached hydrogens (tertiary/aromatic N) is 2. The predicted octanol–water partition coefficient (Wildman–Crippen LogP) is 4.96. The van der Waals surface area contributed by atoms with Crippen molar-refractivity contribution in [3.05, 3.63) is 71.2 Å². The van der Waals surface area contributed by atoms with E-state index in [1.165, 1.54) is 6.07 Å². The van der Waals surface area contributed by atoms with Crippen molar-refractivity contribution < 1.29 is 23.8 Å². The van der Waals surface area contributed by atoms with E-state index in [4.69, 9.17) is 4.74 Å². The van der Waals surface area contributed by atoms with Gasteiger partial charge >= 0.3 is 12.1 Å². The Labute approximate surface area is 184 Å². The fourth-order valence-electron chi connectivity index (χ4n) is 4.00. The van der Waals surface area contributed by atoms with Gasteiger partial charge in [-0.1, -0.05) is 42.5 Å². The number of amides is 1. The lowest BCUT2D eigenvalue weighted by atomic mass is 9.94. The van der Waals surface area contributed by atoms with E-state index < -0.39 is 29.4 Å². The first kappa shape index (κ1) is 21.5. The molecule has 1 fully saturated rings. The highest BCUT2D eigenvalue weighted by Crippen LogP contribution is 2.48. The first-order valence-electron chi connectivity index (χ1n) is 10.3. The lowest BCUT2D eigenvalue weighted by Gasteiger charge is -2.16. The summed E-state index contributed by atoms with van der Waals surface area (Å²) in [6, 6.07) is 13.4. The van der Waals surface area contributed by atoms with Gasteiger partial charge in [-0.3, -0.25) is 14.8 Å². The maximum absolute atomic E-state index is 14.0. The van der Waals surface area contributed by atoms with Gasteiger partial charge in [0.2, 0.25) is 0 Å². The summed E-state index contributed by atoms with van der Waals surface area (Å²) in [6.45, 7) is 3.36. The van der Waals surface area contributed by atoms with Crippen LogP contribution in [-0.2, 0) is 22.0 Å². The minimum absolute atomic E-state index is 0.286. The summed E-state index contributed by atoms with van der Waals surface area (Å²) in [5, 5.41) is 16.6. The molecule has 8 heteroatoms. The number of hydrogen-bond acceptors (Lipinski definition) is 4. The molecule has 32 heavy (non-hydrogen) atoms. The molecular weight excluding hydrogens is 413 g/mol. The van der Waals surface area contributed by atoms with E-state index in [2.05, 4.69) is 10.4 Å². The molecule has 0 aliphatic heterocycles. The number of ether oxygens (including phenoxy) is 1. The average Bonchev–Trinajstić information content (AvgIpc) is 3.51. The molecule has 166 valence electrons. The van der Waals surface area contributed by atoms with E-state index in [1.54, 1.807) is 55.9 Å². The molecule has 0 radical (unpaired) electrons. The summed E-state index contributed by atoms with van der Waals surface area (Å²) in [4.78, 5) is 24.1. The van der Waals surface area contributed by atoms with Gasteiger partial charge in [0.1, 0.15) is 11.9 Å². The Kier molecular flexibility index (Phi) is 5.46. The summed E-state index contributed by atoms with van der Waals surface area (Å²) >= 11 is 0. The van der Waals surface area contributed by atoms with Crippen molar-refractivity contribution in [2.75, 3.05) is 5.32 Å². The second-order valence-electron chi connectivity index (χ2n) is 8.09. The molecule has 0 spiro atoms. The first-order valence-corrected chi connectivity index (χ1v) is 10.3. The molecule has 1 saturated carbocycles. The van der Waals surface area contributed by atoms with Crippen LogP contribution in [0.2, 0.25) is 0 Å². The van der Waals surface area contributed by atoms with Crippen LogP contribution >= 0.6 is 0 Å². The summed E-state index contributed by atoms with van der Waals surface area (Å²) in [7, 11) is 1.76. The van der Waals surface area contributed by atoms with E-state index >= 15 is 0 Å². The Morgan fingerprint density at radius 3 is 2.44 bits per heavy atom. The topological polar surface area (TPSA) is 93.5 Å². The Morgan fingerprint density at radius 1 is 1.19 bits per heavy atom. The van der Waals surface area contributed by atoms with Gasteiger partial charge in [-0.25, -0.2) is 9.18 Å². The van der Waals surface area contributed by atoms with Gasteiger partial charge in [-0.15, -0.1) is 0 Å². The second kappa shape index (κ2) is 8.11. The second-order valence-corrected chi connectivity index (χ2v) is 8.09. The molecule has 2 N–H and O–H groups in total. The van der Waals surface area contributed by atoms with Crippen LogP contribution in [0.25, 0.3) is 11.3 Å². The third-order valence-corrected chi connectivity index (χ3v) is 5.95. The number of aryl methyl sites for hydroxylation is 2. The van der Waals surface area contributed by atoms with Crippen molar-refractivity contribution in [3.63, 3.8) is 0 Å². The number of aliphatic carboxylic acids is 1. The number of anilines is 1. The molecule has 1 aliphatic rings. The molecule has 1 aromatic heterocycles. The molecule has 1 atom stereocenters. The zero-order valence-electron chi connectivity index (χ0n) is 18.1. The normalized spacial score (nSPS) is 15.1. The number of carboxylic acid groups (broad SMARTS) is 1. The number of carbonyl (C=O) groups excluding carboxylic acids is 1. The smallest absolute Gasteiger partial charge is 0.412 e. The van der Waals surface area contributed by atoms with Crippen LogP contribution in [0.15, 0.2) is 48.5 Å². The number of nitrogens with one attached hydrogen (secondary N) is 1. The quantitative estimate of drug-likeness (QED) is 0.569. The van der Waals surface area contributed by atoms with Gasteiger partial charge in [0.05, 0.1) is 22.5 Å². The number of rotatable bonds is 6. The average molecular weight is 437 g/mol. The summed E-state index contributed by atoms with van der Waals surface area (Å²) in [6.07, 6.45) is -0.240. The SMILES string of the molecule is Cc1nn(C)c(-c2ccc(C3(C(=O)O)CC3)cc2)c1NC(=O)OC(C)c1ccccc1F. The van der Waals surface area contributed by atoms with Crippen molar-refractivity contribution in [1.29, 1.82) is 0 Å². The Morgan fingerprint density at radius 2 is 1.84 bits per heavy atom. The van der Waals surface area contributed by atoms with Crippen LogP contribution in [0.3, 0.4) is 0 Å². The van der Waals surface area contributed by atoms with Crippen LogP contribution in [0, 0.1) is 12.7 Å². The van der Waals surface area contributed by atoms with E-state index in [-0.39, 0.29) is 5.56 Å².